The molecule has 0 spiro atoms. The predicted octanol–water partition coefficient (Wildman–Crippen LogP) is 1.10. The number of nitrogens with two attached hydrogens (primary N) is 1. The highest BCUT2D eigenvalue weighted by molar-refractivity contribution is 5.93. The molecule has 2 aromatic rings. The van der Waals surface area contributed by atoms with Crippen LogP contribution in [0.2, 0.25) is 0 Å². The van der Waals surface area contributed by atoms with Crippen LogP contribution in [0, 0.1) is 0 Å². The van der Waals surface area contributed by atoms with Crippen LogP contribution in [0.25, 0.3) is 11.1 Å². The first-order valence-electron chi connectivity index (χ1n) is 5.60. The number of aromatic amines is 1. The Hall–Kier alpha value is -2.43. The number of carbonyl (C=O) groups excluding carboxylic acids is 1. The fraction of sp³-hybridized carbons (Fsp3) is 0.154. The first kappa shape index (κ1) is 12.0. The van der Waals surface area contributed by atoms with Gasteiger partial charge in [-0.2, -0.15) is 0 Å². The first-order valence-corrected chi connectivity index (χ1v) is 5.60. The molecule has 0 aliphatic rings. The lowest BCUT2D eigenvalue weighted by Gasteiger charge is -2.09. The molecule has 92 valence electrons. The first-order chi connectivity index (χ1) is 8.63. The highest BCUT2D eigenvalue weighted by Crippen LogP contribution is 2.21. The standard InChI is InChI=1S/C13H13N3O2/c1-2-11-9(8-3-5-15-6-4-8)7-10(12(14)17)13(18)16-11/h3-7H,2H2,1H3,(H2,14,17)(H,16,18). The van der Waals surface area contributed by atoms with E-state index in [1.807, 2.05) is 19.1 Å². The Morgan fingerprint density at radius 2 is 2.06 bits per heavy atom. The van der Waals surface area contributed by atoms with Crippen molar-refractivity contribution in [2.24, 2.45) is 5.73 Å². The third-order valence-corrected chi connectivity index (χ3v) is 2.73. The quantitative estimate of drug-likeness (QED) is 0.845. The van der Waals surface area contributed by atoms with Gasteiger partial charge in [-0.1, -0.05) is 6.92 Å². The Morgan fingerprint density at radius 3 is 2.61 bits per heavy atom. The van der Waals surface area contributed by atoms with Crippen molar-refractivity contribution in [2.45, 2.75) is 13.3 Å². The summed E-state index contributed by atoms with van der Waals surface area (Å²) in [5.41, 5.74) is 7.17. The number of aromatic nitrogens is 2. The maximum atomic E-state index is 11.7. The van der Waals surface area contributed by atoms with Crippen molar-refractivity contribution in [2.75, 3.05) is 0 Å². The summed E-state index contributed by atoms with van der Waals surface area (Å²) < 4.78 is 0. The molecule has 0 fully saturated rings. The number of pyridine rings is 2. The number of carbonyl (C=O) groups is 1. The zero-order chi connectivity index (χ0) is 13.1. The SMILES string of the molecule is CCc1[nH]c(=O)c(C(N)=O)cc1-c1ccncc1. The van der Waals surface area contributed by atoms with Gasteiger partial charge in [0.2, 0.25) is 0 Å². The van der Waals surface area contributed by atoms with Gasteiger partial charge in [0.05, 0.1) is 0 Å². The smallest absolute Gasteiger partial charge is 0.261 e. The molecule has 2 heterocycles. The Labute approximate surface area is 104 Å². The van der Waals surface area contributed by atoms with Gasteiger partial charge in [-0.3, -0.25) is 14.6 Å². The number of rotatable bonds is 3. The van der Waals surface area contributed by atoms with Gasteiger partial charge in [-0.25, -0.2) is 0 Å². The number of hydrogen-bond donors (Lipinski definition) is 2. The third-order valence-electron chi connectivity index (χ3n) is 2.73. The molecule has 2 aromatic heterocycles. The van der Waals surface area contributed by atoms with Gasteiger partial charge in [-0.05, 0) is 30.2 Å². The average molecular weight is 243 g/mol. The second-order valence-electron chi connectivity index (χ2n) is 3.86. The van der Waals surface area contributed by atoms with Gasteiger partial charge in [0.25, 0.3) is 11.5 Å². The molecule has 3 N–H and O–H groups in total. The fourth-order valence-corrected chi connectivity index (χ4v) is 1.82. The van der Waals surface area contributed by atoms with Gasteiger partial charge >= 0.3 is 0 Å². The summed E-state index contributed by atoms with van der Waals surface area (Å²) in [6, 6.07) is 5.17. The van der Waals surface area contributed by atoms with Crippen molar-refractivity contribution in [3.05, 3.63) is 52.2 Å². The normalized spacial score (nSPS) is 10.3. The minimum atomic E-state index is -0.728. The van der Waals surface area contributed by atoms with E-state index >= 15 is 0 Å². The number of H-pyrrole nitrogens is 1. The van der Waals surface area contributed by atoms with Crippen molar-refractivity contribution < 1.29 is 4.79 Å². The molecule has 5 nitrogen and oxygen atoms in total. The van der Waals surface area contributed by atoms with Crippen molar-refractivity contribution in [1.29, 1.82) is 0 Å². The maximum Gasteiger partial charge on any atom is 0.261 e. The average Bonchev–Trinajstić information content (AvgIpc) is 2.39. The van der Waals surface area contributed by atoms with Crippen molar-refractivity contribution in [3.63, 3.8) is 0 Å². The van der Waals surface area contributed by atoms with E-state index in [1.165, 1.54) is 6.07 Å². The molecule has 0 saturated carbocycles. The van der Waals surface area contributed by atoms with Crippen molar-refractivity contribution in [1.82, 2.24) is 9.97 Å². The van der Waals surface area contributed by atoms with Gasteiger partial charge in [0, 0.05) is 23.7 Å². The van der Waals surface area contributed by atoms with E-state index in [4.69, 9.17) is 5.73 Å². The highest BCUT2D eigenvalue weighted by atomic mass is 16.2. The van der Waals surface area contributed by atoms with Crippen LogP contribution in [0.15, 0.2) is 35.4 Å². The maximum absolute atomic E-state index is 11.7. The van der Waals surface area contributed by atoms with E-state index in [0.29, 0.717) is 6.42 Å². The van der Waals surface area contributed by atoms with Crippen LogP contribution in [-0.4, -0.2) is 15.9 Å². The van der Waals surface area contributed by atoms with Crippen LogP contribution in [0.5, 0.6) is 0 Å². The van der Waals surface area contributed by atoms with E-state index < -0.39 is 11.5 Å². The molecular weight excluding hydrogens is 230 g/mol. The molecule has 0 radical (unpaired) electrons. The number of primary amides is 1. The second-order valence-corrected chi connectivity index (χ2v) is 3.86. The minimum Gasteiger partial charge on any atom is -0.365 e. The molecule has 0 saturated heterocycles. The molecule has 0 unspecified atom stereocenters. The lowest BCUT2D eigenvalue weighted by molar-refractivity contribution is 0.0999. The lowest BCUT2D eigenvalue weighted by atomic mass is 10.0. The minimum absolute atomic E-state index is 0.0287. The van der Waals surface area contributed by atoms with Gasteiger partial charge in [0.15, 0.2) is 0 Å². The van der Waals surface area contributed by atoms with Crippen molar-refractivity contribution >= 4 is 5.91 Å². The van der Waals surface area contributed by atoms with Gasteiger partial charge in [0.1, 0.15) is 5.56 Å². The van der Waals surface area contributed by atoms with E-state index in [0.717, 1.165) is 16.8 Å². The monoisotopic (exact) mass is 243 g/mol. The van der Waals surface area contributed by atoms with Crippen LogP contribution in [0.1, 0.15) is 23.0 Å². The summed E-state index contributed by atoms with van der Waals surface area (Å²) in [6.45, 7) is 1.93. The zero-order valence-corrected chi connectivity index (χ0v) is 9.93. The third kappa shape index (κ3) is 2.15. The van der Waals surface area contributed by atoms with E-state index in [-0.39, 0.29) is 5.56 Å². The second kappa shape index (κ2) is 4.83. The van der Waals surface area contributed by atoms with E-state index in [2.05, 4.69) is 9.97 Å². The molecule has 0 aromatic carbocycles. The summed E-state index contributed by atoms with van der Waals surface area (Å²) in [4.78, 5) is 29.5. The van der Waals surface area contributed by atoms with E-state index in [1.54, 1.807) is 12.4 Å². The summed E-state index contributed by atoms with van der Waals surface area (Å²) in [6.07, 6.45) is 3.97. The highest BCUT2D eigenvalue weighted by Gasteiger charge is 2.12. The van der Waals surface area contributed by atoms with E-state index in [9.17, 15) is 9.59 Å². The molecule has 0 atom stereocenters. The Kier molecular flexibility index (Phi) is 3.23. The molecular formula is C13H13N3O2. The summed E-state index contributed by atoms with van der Waals surface area (Å²) >= 11 is 0. The fourth-order valence-electron chi connectivity index (χ4n) is 1.82. The number of aryl methyl sites for hydroxylation is 1. The van der Waals surface area contributed by atoms with Crippen molar-refractivity contribution in [3.8, 4) is 11.1 Å². The number of hydrogen-bond acceptors (Lipinski definition) is 3. The van der Waals surface area contributed by atoms with Crippen LogP contribution >= 0.6 is 0 Å². The number of amides is 1. The molecule has 0 bridgehead atoms. The predicted molar refractivity (Wildman–Crippen MR) is 68.2 cm³/mol. The molecule has 0 aliphatic heterocycles. The largest absolute Gasteiger partial charge is 0.365 e. The Bertz CT molecular complexity index is 632. The number of nitrogens with zero attached hydrogens (tertiary/aromatic N) is 1. The molecule has 1 amide bonds. The van der Waals surface area contributed by atoms with Crippen LogP contribution in [0.3, 0.4) is 0 Å². The summed E-state index contributed by atoms with van der Waals surface area (Å²) in [5.74, 6) is -0.728. The number of nitrogens with one attached hydrogen (secondary N) is 1. The van der Waals surface area contributed by atoms with Crippen LogP contribution in [-0.2, 0) is 6.42 Å². The molecule has 18 heavy (non-hydrogen) atoms. The van der Waals surface area contributed by atoms with Crippen LogP contribution in [0.4, 0.5) is 0 Å². The van der Waals surface area contributed by atoms with Crippen LogP contribution < -0.4 is 11.3 Å². The zero-order valence-electron chi connectivity index (χ0n) is 9.93. The lowest BCUT2D eigenvalue weighted by Crippen LogP contribution is -2.24. The van der Waals surface area contributed by atoms with Gasteiger partial charge in [-0.15, -0.1) is 0 Å². The summed E-state index contributed by atoms with van der Waals surface area (Å²) in [7, 11) is 0. The summed E-state index contributed by atoms with van der Waals surface area (Å²) in [5, 5.41) is 0. The Balaban J connectivity index is 2.69. The molecule has 5 heteroatoms. The molecule has 0 aliphatic carbocycles. The Morgan fingerprint density at radius 1 is 1.39 bits per heavy atom. The topological polar surface area (TPSA) is 88.8 Å². The molecule has 2 rings (SSSR count). The van der Waals surface area contributed by atoms with Gasteiger partial charge < -0.3 is 10.7 Å².